The first-order chi connectivity index (χ1) is 18.0. The molecule has 5 nitrogen and oxygen atoms in total. The standard InChI is InChI=1S/C31H34ClNO4/c1-3-16-33-23-12-8-14-25(34)29(23)28(30-24(33)13-9-15-26(30)35)21-17-22(32)31(27(18-21)36-4-2)37-19-20-10-6-5-7-11-20/h5-7,10-11,17-18,28H,3-4,8-9,12-16,19H2,1-2H3. The average Bonchev–Trinajstić information content (AvgIpc) is 2.89. The molecule has 0 atom stereocenters. The number of ketones is 2. The van der Waals surface area contributed by atoms with Crippen molar-refractivity contribution < 1.29 is 19.1 Å². The maximum atomic E-state index is 13.5. The van der Waals surface area contributed by atoms with Crippen molar-refractivity contribution in [2.45, 2.75) is 71.3 Å². The molecule has 3 aliphatic rings. The zero-order valence-electron chi connectivity index (χ0n) is 21.6. The lowest BCUT2D eigenvalue weighted by Crippen LogP contribution is -2.39. The number of carbonyl (C=O) groups is 2. The predicted molar refractivity (Wildman–Crippen MR) is 145 cm³/mol. The van der Waals surface area contributed by atoms with E-state index in [9.17, 15) is 9.59 Å². The van der Waals surface area contributed by atoms with Gasteiger partial charge in [-0.15, -0.1) is 0 Å². The molecule has 1 aliphatic heterocycles. The molecule has 194 valence electrons. The molecule has 2 aliphatic carbocycles. The number of Topliss-reactive ketones (excluding diaryl/α,β-unsaturated/α-hetero) is 2. The van der Waals surface area contributed by atoms with Crippen LogP contribution in [-0.4, -0.2) is 29.6 Å². The minimum absolute atomic E-state index is 0.135. The molecule has 2 aromatic rings. The molecule has 0 amide bonds. The molecule has 5 rings (SSSR count). The number of hydrogen-bond donors (Lipinski definition) is 0. The highest BCUT2D eigenvalue weighted by Crippen LogP contribution is 2.51. The van der Waals surface area contributed by atoms with Gasteiger partial charge in [0, 0.05) is 47.8 Å². The molecule has 0 saturated carbocycles. The van der Waals surface area contributed by atoms with Crippen molar-refractivity contribution in [1.29, 1.82) is 0 Å². The average molecular weight is 520 g/mol. The third-order valence-electron chi connectivity index (χ3n) is 7.42. The number of benzene rings is 2. The quantitative estimate of drug-likeness (QED) is 0.371. The number of carbonyl (C=O) groups excluding carboxylic acids is 2. The molecule has 0 spiro atoms. The number of nitrogens with zero attached hydrogens (tertiary/aromatic N) is 1. The first kappa shape index (κ1) is 25.6. The third kappa shape index (κ3) is 4.94. The van der Waals surface area contributed by atoms with Crippen LogP contribution < -0.4 is 9.47 Å². The molecule has 0 radical (unpaired) electrons. The smallest absolute Gasteiger partial charge is 0.180 e. The molecule has 0 fully saturated rings. The third-order valence-corrected chi connectivity index (χ3v) is 7.71. The number of halogens is 1. The number of rotatable bonds is 8. The summed E-state index contributed by atoms with van der Waals surface area (Å²) in [5.41, 5.74) is 5.57. The lowest BCUT2D eigenvalue weighted by atomic mass is 9.71. The topological polar surface area (TPSA) is 55.8 Å². The van der Waals surface area contributed by atoms with Crippen LogP contribution in [0.3, 0.4) is 0 Å². The lowest BCUT2D eigenvalue weighted by molar-refractivity contribution is -0.117. The van der Waals surface area contributed by atoms with Crippen LogP contribution in [0, 0.1) is 0 Å². The van der Waals surface area contributed by atoms with E-state index in [-0.39, 0.29) is 11.6 Å². The van der Waals surface area contributed by atoms with E-state index < -0.39 is 5.92 Å². The molecule has 2 aromatic carbocycles. The van der Waals surface area contributed by atoms with Gasteiger partial charge in [-0.1, -0.05) is 48.9 Å². The fourth-order valence-corrected chi connectivity index (χ4v) is 6.20. The van der Waals surface area contributed by atoms with Crippen molar-refractivity contribution in [3.05, 3.63) is 81.2 Å². The van der Waals surface area contributed by atoms with E-state index in [4.69, 9.17) is 21.1 Å². The van der Waals surface area contributed by atoms with Gasteiger partial charge in [-0.3, -0.25) is 9.59 Å². The van der Waals surface area contributed by atoms with Crippen molar-refractivity contribution in [1.82, 2.24) is 4.90 Å². The molecule has 37 heavy (non-hydrogen) atoms. The van der Waals surface area contributed by atoms with Gasteiger partial charge in [0.2, 0.25) is 0 Å². The summed E-state index contributed by atoms with van der Waals surface area (Å²) in [4.78, 5) is 29.2. The van der Waals surface area contributed by atoms with E-state index in [0.29, 0.717) is 42.6 Å². The van der Waals surface area contributed by atoms with Crippen LogP contribution >= 0.6 is 11.6 Å². The van der Waals surface area contributed by atoms with Gasteiger partial charge in [-0.05, 0) is 62.3 Å². The monoisotopic (exact) mass is 519 g/mol. The second kappa shape index (κ2) is 11.1. The Bertz CT molecular complexity index is 1220. The molecule has 0 N–H and O–H groups in total. The predicted octanol–water partition coefficient (Wildman–Crippen LogP) is 7.14. The van der Waals surface area contributed by atoms with E-state index in [1.54, 1.807) is 0 Å². The van der Waals surface area contributed by atoms with Crippen molar-refractivity contribution in [2.24, 2.45) is 0 Å². The molecule has 0 aromatic heterocycles. The van der Waals surface area contributed by atoms with E-state index in [2.05, 4.69) is 11.8 Å². The Morgan fingerprint density at radius 1 is 0.892 bits per heavy atom. The Morgan fingerprint density at radius 3 is 2.14 bits per heavy atom. The molecule has 6 heteroatoms. The van der Waals surface area contributed by atoms with Gasteiger partial charge >= 0.3 is 0 Å². The van der Waals surface area contributed by atoms with E-state index >= 15 is 0 Å². The summed E-state index contributed by atoms with van der Waals surface area (Å²) >= 11 is 6.84. The van der Waals surface area contributed by atoms with Crippen LogP contribution in [0.4, 0.5) is 0 Å². The first-order valence-electron chi connectivity index (χ1n) is 13.5. The molecular formula is C31H34ClNO4. The van der Waals surface area contributed by atoms with E-state index in [1.807, 2.05) is 49.4 Å². The van der Waals surface area contributed by atoms with Gasteiger partial charge < -0.3 is 14.4 Å². The minimum Gasteiger partial charge on any atom is -0.490 e. The molecule has 0 saturated heterocycles. The van der Waals surface area contributed by atoms with Crippen molar-refractivity contribution in [2.75, 3.05) is 13.2 Å². The summed E-state index contributed by atoms with van der Waals surface area (Å²) in [6.45, 7) is 5.68. The van der Waals surface area contributed by atoms with Gasteiger partial charge in [0.25, 0.3) is 0 Å². The SMILES string of the molecule is CCCN1C2=C(C(=O)CCC2)C(c2cc(Cl)c(OCc3ccccc3)c(OCC)c2)C2=C1CCCC2=O. The van der Waals surface area contributed by atoms with Crippen molar-refractivity contribution in [3.8, 4) is 11.5 Å². The van der Waals surface area contributed by atoms with Crippen LogP contribution in [0.15, 0.2) is 65.0 Å². The van der Waals surface area contributed by atoms with Crippen LogP contribution in [0.25, 0.3) is 0 Å². The summed E-state index contributed by atoms with van der Waals surface area (Å²) in [6, 6.07) is 13.7. The van der Waals surface area contributed by atoms with Gasteiger partial charge in [-0.2, -0.15) is 0 Å². The van der Waals surface area contributed by atoms with Crippen molar-refractivity contribution >= 4 is 23.2 Å². The first-order valence-corrected chi connectivity index (χ1v) is 13.8. The van der Waals surface area contributed by atoms with Crippen LogP contribution in [0.1, 0.15) is 75.8 Å². The highest BCUT2D eigenvalue weighted by molar-refractivity contribution is 6.32. The zero-order valence-corrected chi connectivity index (χ0v) is 22.4. The minimum atomic E-state index is -0.418. The van der Waals surface area contributed by atoms with Crippen LogP contribution in [0.2, 0.25) is 5.02 Å². The second-order valence-electron chi connectivity index (χ2n) is 9.90. The molecule has 1 heterocycles. The lowest BCUT2D eigenvalue weighted by Gasteiger charge is -2.44. The van der Waals surface area contributed by atoms with Gasteiger partial charge in [0.1, 0.15) is 6.61 Å². The Balaban J connectivity index is 1.62. The van der Waals surface area contributed by atoms with E-state index in [1.165, 1.54) is 0 Å². The molecule has 0 bridgehead atoms. The number of ether oxygens (including phenoxy) is 2. The molecule has 0 unspecified atom stereocenters. The van der Waals surface area contributed by atoms with E-state index in [0.717, 1.165) is 72.3 Å². The van der Waals surface area contributed by atoms with Gasteiger partial charge in [0.15, 0.2) is 23.1 Å². The summed E-state index contributed by atoms with van der Waals surface area (Å²) in [5.74, 6) is 0.866. The maximum Gasteiger partial charge on any atom is 0.180 e. The normalized spacial score (nSPS) is 18.2. The number of hydrogen-bond acceptors (Lipinski definition) is 5. The Kier molecular flexibility index (Phi) is 7.71. The molecular weight excluding hydrogens is 486 g/mol. The maximum absolute atomic E-state index is 13.5. The van der Waals surface area contributed by atoms with Gasteiger partial charge in [0.05, 0.1) is 11.6 Å². The second-order valence-corrected chi connectivity index (χ2v) is 10.3. The number of allylic oxidation sites excluding steroid dienone is 4. The van der Waals surface area contributed by atoms with Crippen LogP contribution in [0.5, 0.6) is 11.5 Å². The fraction of sp³-hybridized carbons (Fsp3) is 0.419. The largest absolute Gasteiger partial charge is 0.490 e. The Morgan fingerprint density at radius 2 is 1.54 bits per heavy atom. The summed E-state index contributed by atoms with van der Waals surface area (Å²) in [5, 5.41) is 0.420. The highest BCUT2D eigenvalue weighted by atomic mass is 35.5. The summed E-state index contributed by atoms with van der Waals surface area (Å²) in [6.07, 6.45) is 5.37. The van der Waals surface area contributed by atoms with Crippen LogP contribution in [-0.2, 0) is 16.2 Å². The Labute approximate surface area is 224 Å². The zero-order chi connectivity index (χ0) is 25.9. The highest BCUT2D eigenvalue weighted by Gasteiger charge is 2.43. The van der Waals surface area contributed by atoms with Gasteiger partial charge in [-0.25, -0.2) is 0 Å². The fourth-order valence-electron chi connectivity index (χ4n) is 5.93. The van der Waals surface area contributed by atoms with Crippen molar-refractivity contribution in [3.63, 3.8) is 0 Å². The summed E-state index contributed by atoms with van der Waals surface area (Å²) < 4.78 is 12.1. The Hall–Kier alpha value is -3.05. The summed E-state index contributed by atoms with van der Waals surface area (Å²) in [7, 11) is 0.